The van der Waals surface area contributed by atoms with Gasteiger partial charge in [-0.15, -0.1) is 0 Å². The summed E-state index contributed by atoms with van der Waals surface area (Å²) in [6.45, 7) is 11.1. The third-order valence-electron chi connectivity index (χ3n) is 4.29. The van der Waals surface area contributed by atoms with E-state index >= 15 is 0 Å². The van der Waals surface area contributed by atoms with Gasteiger partial charge in [0.25, 0.3) is 0 Å². The maximum atomic E-state index is 5.62. The largest absolute Gasteiger partial charge is 0.326 e. The van der Waals surface area contributed by atoms with Gasteiger partial charge in [0.15, 0.2) is 0 Å². The van der Waals surface area contributed by atoms with Crippen LogP contribution in [-0.4, -0.2) is 42.0 Å². The zero-order chi connectivity index (χ0) is 13.7. The Morgan fingerprint density at radius 1 is 1.05 bits per heavy atom. The van der Waals surface area contributed by atoms with Gasteiger partial charge in [0, 0.05) is 45.3 Å². The lowest BCUT2D eigenvalue weighted by molar-refractivity contribution is 0.0964. The highest BCUT2D eigenvalue weighted by molar-refractivity contribution is 5.22. The summed E-state index contributed by atoms with van der Waals surface area (Å²) in [7, 11) is 0. The molecule has 3 nitrogen and oxygen atoms in total. The van der Waals surface area contributed by atoms with Gasteiger partial charge in [-0.3, -0.25) is 9.80 Å². The first kappa shape index (κ1) is 14.5. The van der Waals surface area contributed by atoms with Crippen LogP contribution >= 0.6 is 0 Å². The molecule has 1 aliphatic rings. The minimum Gasteiger partial charge on any atom is -0.326 e. The quantitative estimate of drug-likeness (QED) is 0.880. The smallest absolute Gasteiger partial charge is 0.0234 e. The summed E-state index contributed by atoms with van der Waals surface area (Å²) < 4.78 is 0. The van der Waals surface area contributed by atoms with Crippen LogP contribution < -0.4 is 5.73 Å². The highest BCUT2D eigenvalue weighted by Crippen LogP contribution is 2.12. The fraction of sp³-hybridized carbons (Fsp3) is 0.625. The maximum absolute atomic E-state index is 5.62. The van der Waals surface area contributed by atoms with E-state index in [1.54, 1.807) is 0 Å². The minimum atomic E-state index is 0.633. The molecule has 2 N–H and O–H groups in total. The van der Waals surface area contributed by atoms with E-state index in [2.05, 4.69) is 47.9 Å². The van der Waals surface area contributed by atoms with E-state index in [4.69, 9.17) is 5.73 Å². The maximum Gasteiger partial charge on any atom is 0.0234 e. The van der Waals surface area contributed by atoms with Crippen molar-refractivity contribution in [2.24, 2.45) is 5.73 Å². The van der Waals surface area contributed by atoms with E-state index in [-0.39, 0.29) is 0 Å². The Labute approximate surface area is 117 Å². The second-order valence-corrected chi connectivity index (χ2v) is 5.59. The summed E-state index contributed by atoms with van der Waals surface area (Å²) in [5.74, 6) is 0. The molecule has 0 spiro atoms. The van der Waals surface area contributed by atoms with Crippen LogP contribution in [0.4, 0.5) is 0 Å². The topological polar surface area (TPSA) is 32.5 Å². The molecule has 106 valence electrons. The zero-order valence-corrected chi connectivity index (χ0v) is 12.3. The van der Waals surface area contributed by atoms with Crippen molar-refractivity contribution in [3.63, 3.8) is 0 Å². The van der Waals surface area contributed by atoms with Crippen LogP contribution in [0.2, 0.25) is 0 Å². The lowest BCUT2D eigenvalue weighted by Crippen LogP contribution is -2.48. The van der Waals surface area contributed by atoms with Gasteiger partial charge in [-0.2, -0.15) is 0 Å². The molecule has 2 rings (SSSR count). The summed E-state index contributed by atoms with van der Waals surface area (Å²) >= 11 is 0. The van der Waals surface area contributed by atoms with Gasteiger partial charge >= 0.3 is 0 Å². The summed E-state index contributed by atoms with van der Waals surface area (Å²) in [5, 5.41) is 0. The molecule has 1 aromatic rings. The molecule has 1 fully saturated rings. The molecule has 1 unspecified atom stereocenters. The average molecular weight is 261 g/mol. The molecule has 0 amide bonds. The molecule has 1 aromatic carbocycles. The van der Waals surface area contributed by atoms with E-state index in [1.165, 1.54) is 43.7 Å². The predicted octanol–water partition coefficient (Wildman–Crippen LogP) is 2.06. The number of rotatable bonds is 5. The summed E-state index contributed by atoms with van der Waals surface area (Å²) in [6.07, 6.45) is 1.25. The highest BCUT2D eigenvalue weighted by atomic mass is 15.3. The average Bonchev–Trinajstić information content (AvgIpc) is 2.48. The van der Waals surface area contributed by atoms with Crippen LogP contribution in [0.1, 0.15) is 31.4 Å². The van der Waals surface area contributed by atoms with Crippen molar-refractivity contribution in [2.45, 2.75) is 39.4 Å². The van der Waals surface area contributed by atoms with Crippen LogP contribution in [0.15, 0.2) is 24.3 Å². The van der Waals surface area contributed by atoms with E-state index in [9.17, 15) is 0 Å². The molecule has 0 aromatic heterocycles. The molecule has 0 radical (unpaired) electrons. The SMILES string of the molecule is CCC(C)N1CCN(Cc2ccc(CN)cc2)CC1. The number of hydrogen-bond donors (Lipinski definition) is 1. The van der Waals surface area contributed by atoms with Gasteiger partial charge in [0.1, 0.15) is 0 Å². The second kappa shape index (κ2) is 7.04. The second-order valence-electron chi connectivity index (χ2n) is 5.59. The van der Waals surface area contributed by atoms with Crippen molar-refractivity contribution in [1.82, 2.24) is 9.80 Å². The molecule has 1 atom stereocenters. The van der Waals surface area contributed by atoms with Crippen LogP contribution in [0.3, 0.4) is 0 Å². The van der Waals surface area contributed by atoms with Gasteiger partial charge in [-0.1, -0.05) is 31.2 Å². The number of benzene rings is 1. The van der Waals surface area contributed by atoms with Gasteiger partial charge in [0.2, 0.25) is 0 Å². The van der Waals surface area contributed by atoms with Crippen molar-refractivity contribution in [1.29, 1.82) is 0 Å². The van der Waals surface area contributed by atoms with Gasteiger partial charge in [-0.05, 0) is 24.5 Å². The monoisotopic (exact) mass is 261 g/mol. The van der Waals surface area contributed by atoms with Crippen LogP contribution in [0, 0.1) is 0 Å². The van der Waals surface area contributed by atoms with Gasteiger partial charge in [0.05, 0.1) is 0 Å². The van der Waals surface area contributed by atoms with Gasteiger partial charge in [-0.25, -0.2) is 0 Å². The first-order valence-corrected chi connectivity index (χ1v) is 7.47. The van der Waals surface area contributed by atoms with Crippen molar-refractivity contribution >= 4 is 0 Å². The van der Waals surface area contributed by atoms with Gasteiger partial charge < -0.3 is 5.73 Å². The Morgan fingerprint density at radius 3 is 2.16 bits per heavy atom. The summed E-state index contributed by atoms with van der Waals surface area (Å²) in [6, 6.07) is 9.44. The normalized spacial score (nSPS) is 19.5. The summed E-state index contributed by atoms with van der Waals surface area (Å²) in [4.78, 5) is 5.16. The molecule has 0 saturated carbocycles. The minimum absolute atomic E-state index is 0.633. The highest BCUT2D eigenvalue weighted by Gasteiger charge is 2.19. The first-order valence-electron chi connectivity index (χ1n) is 7.47. The Hall–Kier alpha value is -0.900. The molecule has 1 aliphatic heterocycles. The van der Waals surface area contributed by atoms with Crippen molar-refractivity contribution < 1.29 is 0 Å². The first-order chi connectivity index (χ1) is 9.22. The Bertz CT molecular complexity index is 366. The Morgan fingerprint density at radius 2 is 1.63 bits per heavy atom. The van der Waals surface area contributed by atoms with E-state index < -0.39 is 0 Å². The fourth-order valence-corrected chi connectivity index (χ4v) is 2.66. The molecule has 0 aliphatic carbocycles. The van der Waals surface area contributed by atoms with Crippen molar-refractivity contribution in [3.05, 3.63) is 35.4 Å². The van der Waals surface area contributed by atoms with E-state index in [1.807, 2.05) is 0 Å². The van der Waals surface area contributed by atoms with Crippen molar-refractivity contribution in [3.8, 4) is 0 Å². The number of nitrogens with zero attached hydrogens (tertiary/aromatic N) is 2. The van der Waals surface area contributed by atoms with Crippen LogP contribution in [-0.2, 0) is 13.1 Å². The molecule has 1 saturated heterocycles. The Balaban J connectivity index is 1.81. The third kappa shape index (κ3) is 4.03. The number of piperazine rings is 1. The molecule has 0 bridgehead atoms. The molecule has 19 heavy (non-hydrogen) atoms. The predicted molar refractivity (Wildman–Crippen MR) is 80.9 cm³/mol. The molecular formula is C16H27N3. The summed E-state index contributed by atoms with van der Waals surface area (Å²) in [5.41, 5.74) is 8.24. The van der Waals surface area contributed by atoms with Crippen LogP contribution in [0.25, 0.3) is 0 Å². The van der Waals surface area contributed by atoms with Crippen LogP contribution in [0.5, 0.6) is 0 Å². The number of hydrogen-bond acceptors (Lipinski definition) is 3. The fourth-order valence-electron chi connectivity index (χ4n) is 2.66. The zero-order valence-electron chi connectivity index (χ0n) is 12.3. The third-order valence-corrected chi connectivity index (χ3v) is 4.29. The van der Waals surface area contributed by atoms with E-state index in [0.29, 0.717) is 6.54 Å². The lowest BCUT2D eigenvalue weighted by Gasteiger charge is -2.37. The lowest BCUT2D eigenvalue weighted by atomic mass is 10.1. The standard InChI is InChI=1S/C16H27N3/c1-3-14(2)19-10-8-18(9-11-19)13-16-6-4-15(12-17)5-7-16/h4-7,14H,3,8-13,17H2,1-2H3. The molecular weight excluding hydrogens is 234 g/mol. The number of nitrogens with two attached hydrogens (primary N) is 1. The Kier molecular flexibility index (Phi) is 5.37. The molecule has 3 heteroatoms. The van der Waals surface area contributed by atoms with E-state index in [0.717, 1.165) is 12.6 Å². The van der Waals surface area contributed by atoms with Crippen molar-refractivity contribution in [2.75, 3.05) is 26.2 Å². The molecule has 1 heterocycles.